The molecule has 0 aromatic carbocycles. The highest BCUT2D eigenvalue weighted by Crippen LogP contribution is 2.26. The van der Waals surface area contributed by atoms with Gasteiger partial charge in [0.1, 0.15) is 0 Å². The Balaban J connectivity index is 1.57. The van der Waals surface area contributed by atoms with Crippen molar-refractivity contribution in [2.24, 2.45) is 5.92 Å². The maximum absolute atomic E-state index is 12.3. The summed E-state index contributed by atoms with van der Waals surface area (Å²) in [5.74, 6) is -1.51. The second kappa shape index (κ2) is 6.08. The molecule has 6 nitrogen and oxygen atoms in total. The van der Waals surface area contributed by atoms with Gasteiger partial charge in [0.15, 0.2) is 0 Å². The van der Waals surface area contributed by atoms with Crippen molar-refractivity contribution in [2.45, 2.75) is 25.3 Å². The SMILES string of the molecule is O=C(O)C1CC(=O)N(C2CCN(C(=O)c3cccs3)CC2)C1. The van der Waals surface area contributed by atoms with Crippen LogP contribution in [-0.2, 0) is 9.59 Å². The van der Waals surface area contributed by atoms with E-state index >= 15 is 0 Å². The van der Waals surface area contributed by atoms with E-state index in [0.717, 1.165) is 17.7 Å². The maximum atomic E-state index is 12.3. The van der Waals surface area contributed by atoms with E-state index < -0.39 is 11.9 Å². The molecular weight excluding hydrogens is 304 g/mol. The zero-order valence-corrected chi connectivity index (χ0v) is 12.9. The molecule has 0 aliphatic carbocycles. The number of carboxylic acids is 1. The van der Waals surface area contributed by atoms with E-state index in [-0.39, 0.29) is 24.3 Å². The van der Waals surface area contributed by atoms with Crippen LogP contribution in [-0.4, -0.2) is 58.4 Å². The Labute approximate surface area is 132 Å². The van der Waals surface area contributed by atoms with Crippen molar-refractivity contribution in [1.82, 2.24) is 9.80 Å². The first-order valence-electron chi connectivity index (χ1n) is 7.41. The van der Waals surface area contributed by atoms with Crippen molar-refractivity contribution in [3.8, 4) is 0 Å². The lowest BCUT2D eigenvalue weighted by molar-refractivity contribution is -0.141. The Bertz CT molecular complexity index is 578. The predicted molar refractivity (Wildman–Crippen MR) is 80.7 cm³/mol. The largest absolute Gasteiger partial charge is 0.481 e. The van der Waals surface area contributed by atoms with Crippen LogP contribution in [0.25, 0.3) is 0 Å². The van der Waals surface area contributed by atoms with Crippen molar-refractivity contribution < 1.29 is 19.5 Å². The van der Waals surface area contributed by atoms with Crippen molar-refractivity contribution in [3.05, 3.63) is 22.4 Å². The number of nitrogens with zero attached hydrogens (tertiary/aromatic N) is 2. The molecule has 1 aromatic rings. The topological polar surface area (TPSA) is 77.9 Å². The number of thiophene rings is 1. The third-order valence-corrected chi connectivity index (χ3v) is 5.29. The minimum absolute atomic E-state index is 0.0459. The second-order valence-electron chi connectivity index (χ2n) is 5.79. The number of carboxylic acid groups (broad SMARTS) is 1. The lowest BCUT2D eigenvalue weighted by atomic mass is 10.0. The molecule has 3 heterocycles. The highest BCUT2D eigenvalue weighted by Gasteiger charge is 2.39. The van der Waals surface area contributed by atoms with Gasteiger partial charge in [-0.25, -0.2) is 0 Å². The number of carbonyl (C=O) groups is 3. The summed E-state index contributed by atoms with van der Waals surface area (Å²) in [6, 6.07) is 3.74. The van der Waals surface area contributed by atoms with E-state index in [2.05, 4.69) is 0 Å². The normalized spacial score (nSPS) is 23.1. The van der Waals surface area contributed by atoms with Gasteiger partial charge in [0.05, 0.1) is 10.8 Å². The van der Waals surface area contributed by atoms with Crippen LogP contribution in [0.4, 0.5) is 0 Å². The second-order valence-corrected chi connectivity index (χ2v) is 6.73. The molecule has 2 amide bonds. The molecule has 0 spiro atoms. The van der Waals surface area contributed by atoms with E-state index in [9.17, 15) is 14.4 Å². The van der Waals surface area contributed by atoms with E-state index in [1.54, 1.807) is 4.90 Å². The van der Waals surface area contributed by atoms with Crippen LogP contribution in [0.15, 0.2) is 17.5 Å². The number of aliphatic carboxylic acids is 1. The van der Waals surface area contributed by atoms with E-state index in [4.69, 9.17) is 5.11 Å². The van der Waals surface area contributed by atoms with Crippen LogP contribution in [0.3, 0.4) is 0 Å². The molecule has 2 aliphatic rings. The molecule has 7 heteroatoms. The first-order chi connectivity index (χ1) is 10.6. The number of carbonyl (C=O) groups excluding carboxylic acids is 2. The zero-order chi connectivity index (χ0) is 15.7. The number of hydrogen-bond donors (Lipinski definition) is 1. The minimum atomic E-state index is -0.902. The van der Waals surface area contributed by atoms with Crippen LogP contribution in [0.1, 0.15) is 28.9 Å². The molecule has 22 heavy (non-hydrogen) atoms. The first-order valence-corrected chi connectivity index (χ1v) is 8.29. The predicted octanol–water partition coefficient (Wildman–Crippen LogP) is 1.29. The maximum Gasteiger partial charge on any atom is 0.308 e. The fourth-order valence-corrected chi connectivity index (χ4v) is 3.88. The summed E-state index contributed by atoms with van der Waals surface area (Å²) in [7, 11) is 0. The summed E-state index contributed by atoms with van der Waals surface area (Å²) >= 11 is 1.43. The quantitative estimate of drug-likeness (QED) is 0.909. The van der Waals surface area contributed by atoms with Crippen molar-refractivity contribution in [3.63, 3.8) is 0 Å². The molecule has 2 aliphatic heterocycles. The van der Waals surface area contributed by atoms with Gasteiger partial charge in [-0.3, -0.25) is 14.4 Å². The highest BCUT2D eigenvalue weighted by molar-refractivity contribution is 7.12. The lowest BCUT2D eigenvalue weighted by Crippen LogP contribution is -2.47. The number of rotatable bonds is 3. The van der Waals surface area contributed by atoms with Gasteiger partial charge in [0.25, 0.3) is 5.91 Å². The van der Waals surface area contributed by atoms with Gasteiger partial charge in [-0.2, -0.15) is 0 Å². The Morgan fingerprint density at radius 2 is 2.00 bits per heavy atom. The molecule has 1 atom stereocenters. The lowest BCUT2D eigenvalue weighted by Gasteiger charge is -2.36. The minimum Gasteiger partial charge on any atom is -0.481 e. The average molecular weight is 322 g/mol. The van der Waals surface area contributed by atoms with Crippen molar-refractivity contribution in [1.29, 1.82) is 0 Å². The molecule has 0 radical (unpaired) electrons. The third kappa shape index (κ3) is 2.85. The van der Waals surface area contributed by atoms with E-state index in [1.807, 2.05) is 22.4 Å². The Hall–Kier alpha value is -1.89. The van der Waals surface area contributed by atoms with E-state index in [1.165, 1.54) is 11.3 Å². The summed E-state index contributed by atoms with van der Waals surface area (Å²) < 4.78 is 0. The molecule has 1 unspecified atom stereocenters. The molecular formula is C15H18N2O4S. The fourth-order valence-electron chi connectivity index (χ4n) is 3.19. The third-order valence-electron chi connectivity index (χ3n) is 4.43. The van der Waals surface area contributed by atoms with Gasteiger partial charge in [0.2, 0.25) is 5.91 Å². The van der Waals surface area contributed by atoms with Crippen LogP contribution in [0.2, 0.25) is 0 Å². The van der Waals surface area contributed by atoms with Crippen LogP contribution >= 0.6 is 11.3 Å². The summed E-state index contributed by atoms with van der Waals surface area (Å²) in [6.07, 6.45) is 1.54. The number of hydrogen-bond acceptors (Lipinski definition) is 4. The highest BCUT2D eigenvalue weighted by atomic mass is 32.1. The summed E-state index contributed by atoms with van der Waals surface area (Å²) in [4.78, 5) is 39.5. The summed E-state index contributed by atoms with van der Waals surface area (Å²) in [5, 5.41) is 10.9. The monoisotopic (exact) mass is 322 g/mol. The molecule has 2 fully saturated rings. The van der Waals surface area contributed by atoms with Gasteiger partial charge in [-0.1, -0.05) is 6.07 Å². The van der Waals surface area contributed by atoms with Crippen LogP contribution in [0, 0.1) is 5.92 Å². The van der Waals surface area contributed by atoms with Gasteiger partial charge < -0.3 is 14.9 Å². The van der Waals surface area contributed by atoms with Gasteiger partial charge >= 0.3 is 5.97 Å². The molecule has 2 saturated heterocycles. The summed E-state index contributed by atoms with van der Waals surface area (Å²) in [5.41, 5.74) is 0. The van der Waals surface area contributed by atoms with Gasteiger partial charge in [-0.05, 0) is 24.3 Å². The molecule has 3 rings (SSSR count). The molecule has 1 aromatic heterocycles. The van der Waals surface area contributed by atoms with Crippen molar-refractivity contribution >= 4 is 29.1 Å². The molecule has 1 N–H and O–H groups in total. The smallest absolute Gasteiger partial charge is 0.308 e. The Kier molecular flexibility index (Phi) is 4.15. The van der Waals surface area contributed by atoms with Gasteiger partial charge in [0, 0.05) is 32.1 Å². The average Bonchev–Trinajstić information content (AvgIpc) is 3.16. The first kappa shape index (κ1) is 15.0. The molecule has 0 saturated carbocycles. The molecule has 0 bridgehead atoms. The van der Waals surface area contributed by atoms with Gasteiger partial charge in [-0.15, -0.1) is 11.3 Å². The zero-order valence-electron chi connectivity index (χ0n) is 12.1. The van der Waals surface area contributed by atoms with Crippen LogP contribution in [0.5, 0.6) is 0 Å². The summed E-state index contributed by atoms with van der Waals surface area (Å²) in [6.45, 7) is 1.53. The molecule has 118 valence electrons. The standard InChI is InChI=1S/C15H18N2O4S/c18-13-8-10(15(20)21)9-17(13)11-3-5-16(6-4-11)14(19)12-2-1-7-22-12/h1-2,7,10-11H,3-6,8-9H2,(H,20,21). The fraction of sp³-hybridized carbons (Fsp3) is 0.533. The van der Waals surface area contributed by atoms with Crippen LogP contribution < -0.4 is 0 Å². The van der Waals surface area contributed by atoms with Crippen molar-refractivity contribution in [2.75, 3.05) is 19.6 Å². The Morgan fingerprint density at radius 3 is 2.55 bits per heavy atom. The number of piperidine rings is 1. The number of amides is 2. The number of likely N-dealkylation sites (tertiary alicyclic amines) is 2. The Morgan fingerprint density at radius 1 is 1.27 bits per heavy atom. The van der Waals surface area contributed by atoms with E-state index in [0.29, 0.717) is 19.6 Å².